The molecule has 1 aromatic heterocycles. The van der Waals surface area contributed by atoms with E-state index in [1.807, 2.05) is 24.0 Å². The van der Waals surface area contributed by atoms with E-state index in [1.165, 1.54) is 23.2 Å². The molecule has 0 radical (unpaired) electrons. The lowest BCUT2D eigenvalue weighted by atomic mass is 9.93. The highest BCUT2D eigenvalue weighted by atomic mass is 79.9. The van der Waals surface area contributed by atoms with Crippen molar-refractivity contribution in [1.82, 2.24) is 15.1 Å². The van der Waals surface area contributed by atoms with Crippen LogP contribution < -0.4 is 14.8 Å². The van der Waals surface area contributed by atoms with Gasteiger partial charge in [0.25, 0.3) is 0 Å². The number of rotatable bonds is 3. The summed E-state index contributed by atoms with van der Waals surface area (Å²) in [5.41, 5.74) is 3.89. The summed E-state index contributed by atoms with van der Waals surface area (Å²) in [6.07, 6.45) is 5.49. The first-order valence-corrected chi connectivity index (χ1v) is 8.34. The molecule has 2 aliphatic rings. The summed E-state index contributed by atoms with van der Waals surface area (Å²) in [5.74, 6) is 1.62. The van der Waals surface area contributed by atoms with Gasteiger partial charge in [-0.25, -0.2) is 0 Å². The van der Waals surface area contributed by atoms with Gasteiger partial charge in [0.2, 0.25) is 6.79 Å². The molecular weight excluding hydrogens is 346 g/mol. The second-order valence-electron chi connectivity index (χ2n) is 5.81. The number of hydrogen-bond acceptors (Lipinski definition) is 4. The van der Waals surface area contributed by atoms with Crippen LogP contribution in [0.4, 0.5) is 0 Å². The molecule has 1 N–H and O–H groups in total. The number of ether oxygens (including phenoxy) is 2. The third kappa shape index (κ3) is 2.40. The van der Waals surface area contributed by atoms with Crippen molar-refractivity contribution in [3.8, 4) is 11.5 Å². The van der Waals surface area contributed by atoms with Crippen LogP contribution in [0.25, 0.3) is 0 Å². The molecule has 0 bridgehead atoms. The topological polar surface area (TPSA) is 48.3 Å². The zero-order valence-electron chi connectivity index (χ0n) is 12.4. The lowest BCUT2D eigenvalue weighted by Crippen LogP contribution is -2.24. The molecule has 1 unspecified atom stereocenters. The number of nitrogens with one attached hydrogen (secondary N) is 1. The Morgan fingerprint density at radius 3 is 3.23 bits per heavy atom. The number of halogens is 1. The second-order valence-corrected chi connectivity index (χ2v) is 6.66. The first kappa shape index (κ1) is 14.1. The quantitative estimate of drug-likeness (QED) is 0.910. The third-order valence-electron chi connectivity index (χ3n) is 4.42. The van der Waals surface area contributed by atoms with E-state index < -0.39 is 0 Å². The normalized spacial score (nSPS) is 19.3. The molecule has 1 aliphatic heterocycles. The highest BCUT2D eigenvalue weighted by Gasteiger charge is 2.23. The van der Waals surface area contributed by atoms with Crippen LogP contribution in [0, 0.1) is 0 Å². The molecule has 22 heavy (non-hydrogen) atoms. The summed E-state index contributed by atoms with van der Waals surface area (Å²) in [6.45, 7) is 1.10. The van der Waals surface area contributed by atoms with Crippen molar-refractivity contribution in [2.24, 2.45) is 7.05 Å². The van der Waals surface area contributed by atoms with Gasteiger partial charge in [0, 0.05) is 30.9 Å². The van der Waals surface area contributed by atoms with Crippen LogP contribution in [-0.4, -0.2) is 16.6 Å². The largest absolute Gasteiger partial charge is 0.454 e. The summed E-state index contributed by atoms with van der Waals surface area (Å²) >= 11 is 3.55. The lowest BCUT2D eigenvalue weighted by Gasteiger charge is -2.24. The van der Waals surface area contributed by atoms with Crippen molar-refractivity contribution in [3.05, 3.63) is 39.6 Å². The molecule has 1 aliphatic carbocycles. The average molecular weight is 364 g/mol. The van der Waals surface area contributed by atoms with Crippen molar-refractivity contribution in [2.45, 2.75) is 31.8 Å². The molecule has 0 saturated carbocycles. The Labute approximate surface area is 137 Å². The summed E-state index contributed by atoms with van der Waals surface area (Å²) in [5, 5.41) is 8.05. The Balaban J connectivity index is 1.51. The SMILES string of the molecule is Cn1ncc2c1CCCC2NCc1cc(Br)c2c(c1)OCO2. The first-order chi connectivity index (χ1) is 10.7. The van der Waals surface area contributed by atoms with E-state index in [9.17, 15) is 0 Å². The minimum atomic E-state index is 0.298. The smallest absolute Gasteiger partial charge is 0.231 e. The molecule has 4 rings (SSSR count). The predicted molar refractivity (Wildman–Crippen MR) is 86.0 cm³/mol. The Morgan fingerprint density at radius 2 is 2.32 bits per heavy atom. The number of nitrogens with zero attached hydrogens (tertiary/aromatic N) is 2. The lowest BCUT2D eigenvalue weighted by molar-refractivity contribution is 0.173. The number of aryl methyl sites for hydroxylation is 1. The van der Waals surface area contributed by atoms with Gasteiger partial charge >= 0.3 is 0 Å². The Kier molecular flexibility index (Phi) is 3.58. The minimum absolute atomic E-state index is 0.298. The van der Waals surface area contributed by atoms with E-state index in [2.05, 4.69) is 32.4 Å². The zero-order chi connectivity index (χ0) is 15.1. The van der Waals surface area contributed by atoms with Crippen LogP contribution in [0.1, 0.15) is 35.7 Å². The summed E-state index contributed by atoms with van der Waals surface area (Å²) in [6, 6.07) is 4.52. The summed E-state index contributed by atoms with van der Waals surface area (Å²) < 4.78 is 13.9. The monoisotopic (exact) mass is 363 g/mol. The van der Waals surface area contributed by atoms with Crippen molar-refractivity contribution in [1.29, 1.82) is 0 Å². The molecule has 2 aromatic rings. The van der Waals surface area contributed by atoms with Gasteiger partial charge in [-0.2, -0.15) is 5.10 Å². The van der Waals surface area contributed by atoms with Crippen LogP contribution >= 0.6 is 15.9 Å². The molecular formula is C16H18BrN3O2. The van der Waals surface area contributed by atoms with E-state index in [-0.39, 0.29) is 0 Å². The van der Waals surface area contributed by atoms with Crippen molar-refractivity contribution in [2.75, 3.05) is 6.79 Å². The number of benzene rings is 1. The van der Waals surface area contributed by atoms with E-state index in [0.717, 1.165) is 35.4 Å². The highest BCUT2D eigenvalue weighted by molar-refractivity contribution is 9.10. The molecule has 0 amide bonds. The Hall–Kier alpha value is -1.53. The number of hydrogen-bond donors (Lipinski definition) is 1. The van der Waals surface area contributed by atoms with E-state index in [0.29, 0.717) is 12.8 Å². The third-order valence-corrected chi connectivity index (χ3v) is 5.00. The summed E-state index contributed by atoms with van der Waals surface area (Å²) in [7, 11) is 2.02. The molecule has 0 spiro atoms. The van der Waals surface area contributed by atoms with Crippen LogP contribution in [0.3, 0.4) is 0 Å². The van der Waals surface area contributed by atoms with Gasteiger partial charge in [-0.3, -0.25) is 4.68 Å². The van der Waals surface area contributed by atoms with Crippen molar-refractivity contribution in [3.63, 3.8) is 0 Å². The number of aromatic nitrogens is 2. The molecule has 1 atom stereocenters. The molecule has 0 fully saturated rings. The van der Waals surface area contributed by atoms with Gasteiger partial charge in [-0.05, 0) is 52.9 Å². The van der Waals surface area contributed by atoms with Gasteiger partial charge < -0.3 is 14.8 Å². The van der Waals surface area contributed by atoms with E-state index >= 15 is 0 Å². The van der Waals surface area contributed by atoms with Crippen LogP contribution in [0.2, 0.25) is 0 Å². The van der Waals surface area contributed by atoms with Gasteiger partial charge in [-0.15, -0.1) is 0 Å². The molecule has 116 valence electrons. The van der Waals surface area contributed by atoms with Gasteiger partial charge in [0.05, 0.1) is 10.7 Å². The maximum atomic E-state index is 5.48. The fourth-order valence-corrected chi connectivity index (χ4v) is 3.89. The van der Waals surface area contributed by atoms with Gasteiger partial charge in [0.1, 0.15) is 0 Å². The zero-order valence-corrected chi connectivity index (χ0v) is 14.0. The fraction of sp³-hybridized carbons (Fsp3) is 0.438. The molecule has 0 saturated heterocycles. The maximum absolute atomic E-state index is 5.48. The molecule has 2 heterocycles. The van der Waals surface area contributed by atoms with Crippen LogP contribution in [0.15, 0.2) is 22.8 Å². The summed E-state index contributed by atoms with van der Waals surface area (Å²) in [4.78, 5) is 0. The standard InChI is InChI=1S/C16H18BrN3O2/c1-20-14-4-2-3-13(11(14)8-19-20)18-7-10-5-12(17)16-15(6-10)21-9-22-16/h5-6,8,13,18H,2-4,7,9H2,1H3. The Bertz CT molecular complexity index is 714. The first-order valence-electron chi connectivity index (χ1n) is 7.54. The molecule has 5 nitrogen and oxygen atoms in total. The van der Waals surface area contributed by atoms with Crippen molar-refractivity contribution >= 4 is 15.9 Å². The molecule has 6 heteroatoms. The highest BCUT2D eigenvalue weighted by Crippen LogP contribution is 2.40. The average Bonchev–Trinajstić information content (AvgIpc) is 3.13. The van der Waals surface area contributed by atoms with Crippen LogP contribution in [0.5, 0.6) is 11.5 Å². The van der Waals surface area contributed by atoms with Crippen molar-refractivity contribution < 1.29 is 9.47 Å². The van der Waals surface area contributed by atoms with Gasteiger partial charge in [0.15, 0.2) is 11.5 Å². The van der Waals surface area contributed by atoms with Crippen LogP contribution in [-0.2, 0) is 20.0 Å². The Morgan fingerprint density at radius 1 is 1.41 bits per heavy atom. The number of fused-ring (bicyclic) bond motifs is 2. The van der Waals surface area contributed by atoms with Gasteiger partial charge in [-0.1, -0.05) is 0 Å². The fourth-order valence-electron chi connectivity index (χ4n) is 3.28. The second kappa shape index (κ2) is 5.59. The minimum Gasteiger partial charge on any atom is -0.454 e. The molecule has 1 aromatic carbocycles. The van der Waals surface area contributed by atoms with E-state index in [1.54, 1.807) is 0 Å². The predicted octanol–water partition coefficient (Wildman–Crippen LogP) is 3.08. The maximum Gasteiger partial charge on any atom is 0.231 e. The van der Waals surface area contributed by atoms with E-state index in [4.69, 9.17) is 9.47 Å².